The van der Waals surface area contributed by atoms with Gasteiger partial charge in [0.1, 0.15) is 5.75 Å². The predicted molar refractivity (Wildman–Crippen MR) is 80.2 cm³/mol. The molecule has 1 fully saturated rings. The second-order valence-electron chi connectivity index (χ2n) is 5.11. The molecule has 1 aliphatic heterocycles. The molecule has 1 aromatic carbocycles. The van der Waals surface area contributed by atoms with Gasteiger partial charge in [0.2, 0.25) is 5.91 Å². The number of rotatable bonds is 2. The van der Waals surface area contributed by atoms with E-state index in [1.54, 1.807) is 42.0 Å². The van der Waals surface area contributed by atoms with Gasteiger partial charge in [-0.3, -0.25) is 9.59 Å². The van der Waals surface area contributed by atoms with Crippen molar-refractivity contribution in [3.63, 3.8) is 0 Å². The highest BCUT2D eigenvalue weighted by molar-refractivity contribution is 5.95. The van der Waals surface area contributed by atoms with Crippen LogP contribution in [0, 0.1) is 0 Å². The van der Waals surface area contributed by atoms with Crippen LogP contribution in [0.1, 0.15) is 23.7 Å². The lowest BCUT2D eigenvalue weighted by Gasteiger charge is -2.21. The standard InChI is InChI=1S/C15H21N3O3/c1-11(19)17-6-3-7-18(9-8-17)15(20)12-4-5-14(21-2)13(16)10-12/h4-5,10H,3,6-9,16H2,1-2H3. The van der Waals surface area contributed by atoms with E-state index >= 15 is 0 Å². The molecule has 0 bridgehead atoms. The topological polar surface area (TPSA) is 75.9 Å². The summed E-state index contributed by atoms with van der Waals surface area (Å²) < 4.78 is 5.09. The van der Waals surface area contributed by atoms with Gasteiger partial charge in [0.05, 0.1) is 12.8 Å². The van der Waals surface area contributed by atoms with Crippen LogP contribution in [-0.4, -0.2) is 54.9 Å². The van der Waals surface area contributed by atoms with E-state index in [4.69, 9.17) is 10.5 Å². The van der Waals surface area contributed by atoms with Gasteiger partial charge in [-0.15, -0.1) is 0 Å². The normalized spacial score (nSPS) is 15.5. The van der Waals surface area contributed by atoms with Crippen LogP contribution in [-0.2, 0) is 4.79 Å². The molecule has 1 aromatic rings. The van der Waals surface area contributed by atoms with Crippen molar-refractivity contribution >= 4 is 17.5 Å². The third-order valence-electron chi connectivity index (χ3n) is 3.71. The smallest absolute Gasteiger partial charge is 0.253 e. The summed E-state index contributed by atoms with van der Waals surface area (Å²) in [5, 5.41) is 0. The fraction of sp³-hybridized carbons (Fsp3) is 0.467. The molecule has 6 heteroatoms. The number of benzene rings is 1. The second kappa shape index (κ2) is 6.47. The SMILES string of the molecule is COc1ccc(C(=O)N2CCCN(C(C)=O)CC2)cc1N. The number of nitrogens with zero attached hydrogens (tertiary/aromatic N) is 2. The number of hydrogen-bond acceptors (Lipinski definition) is 4. The first-order valence-electron chi connectivity index (χ1n) is 7.01. The van der Waals surface area contributed by atoms with E-state index in [0.717, 1.165) is 6.42 Å². The number of anilines is 1. The van der Waals surface area contributed by atoms with Crippen LogP contribution < -0.4 is 10.5 Å². The van der Waals surface area contributed by atoms with Crippen molar-refractivity contribution in [3.8, 4) is 5.75 Å². The Morgan fingerprint density at radius 2 is 1.81 bits per heavy atom. The zero-order chi connectivity index (χ0) is 15.4. The largest absolute Gasteiger partial charge is 0.495 e. The third-order valence-corrected chi connectivity index (χ3v) is 3.71. The Morgan fingerprint density at radius 1 is 1.14 bits per heavy atom. The van der Waals surface area contributed by atoms with Gasteiger partial charge in [0.15, 0.2) is 0 Å². The van der Waals surface area contributed by atoms with Gasteiger partial charge in [-0.2, -0.15) is 0 Å². The fourth-order valence-electron chi connectivity index (χ4n) is 2.49. The molecule has 0 radical (unpaired) electrons. The maximum Gasteiger partial charge on any atom is 0.253 e. The molecule has 21 heavy (non-hydrogen) atoms. The molecule has 2 rings (SSSR count). The molecule has 0 unspecified atom stereocenters. The molecule has 2 amide bonds. The molecule has 2 N–H and O–H groups in total. The van der Waals surface area contributed by atoms with E-state index in [0.29, 0.717) is 43.2 Å². The van der Waals surface area contributed by atoms with E-state index < -0.39 is 0 Å². The summed E-state index contributed by atoms with van der Waals surface area (Å²) in [7, 11) is 1.54. The van der Waals surface area contributed by atoms with Crippen LogP contribution in [0.15, 0.2) is 18.2 Å². The van der Waals surface area contributed by atoms with Crippen molar-refractivity contribution in [3.05, 3.63) is 23.8 Å². The summed E-state index contributed by atoms with van der Waals surface area (Å²) in [4.78, 5) is 27.5. The molecule has 0 atom stereocenters. The molecule has 1 saturated heterocycles. The minimum atomic E-state index is -0.0604. The van der Waals surface area contributed by atoms with Crippen molar-refractivity contribution in [2.24, 2.45) is 0 Å². The average molecular weight is 291 g/mol. The highest BCUT2D eigenvalue weighted by Crippen LogP contribution is 2.23. The average Bonchev–Trinajstić information content (AvgIpc) is 2.72. The first-order chi connectivity index (χ1) is 10.0. The van der Waals surface area contributed by atoms with Crippen LogP contribution in [0.4, 0.5) is 5.69 Å². The molecule has 1 aliphatic rings. The van der Waals surface area contributed by atoms with Crippen LogP contribution in [0.3, 0.4) is 0 Å². The van der Waals surface area contributed by atoms with E-state index in [1.807, 2.05) is 0 Å². The Kier molecular flexibility index (Phi) is 4.67. The number of hydrogen-bond donors (Lipinski definition) is 1. The second-order valence-corrected chi connectivity index (χ2v) is 5.11. The van der Waals surface area contributed by atoms with Gasteiger partial charge in [0, 0.05) is 38.7 Å². The number of ether oxygens (including phenoxy) is 1. The van der Waals surface area contributed by atoms with Crippen LogP contribution in [0.5, 0.6) is 5.75 Å². The Morgan fingerprint density at radius 3 is 2.43 bits per heavy atom. The Bertz CT molecular complexity index is 545. The highest BCUT2D eigenvalue weighted by Gasteiger charge is 2.21. The summed E-state index contributed by atoms with van der Waals surface area (Å²) in [6.07, 6.45) is 0.789. The zero-order valence-electron chi connectivity index (χ0n) is 12.5. The fourth-order valence-corrected chi connectivity index (χ4v) is 2.49. The summed E-state index contributed by atoms with van der Waals surface area (Å²) in [6.45, 7) is 4.02. The van der Waals surface area contributed by atoms with E-state index in [2.05, 4.69) is 0 Å². The monoisotopic (exact) mass is 291 g/mol. The molecule has 6 nitrogen and oxygen atoms in total. The van der Waals surface area contributed by atoms with Crippen LogP contribution in [0.2, 0.25) is 0 Å². The molecular formula is C15H21N3O3. The van der Waals surface area contributed by atoms with Gasteiger partial charge in [0.25, 0.3) is 5.91 Å². The number of nitrogens with two attached hydrogens (primary N) is 1. The number of nitrogen functional groups attached to an aromatic ring is 1. The van der Waals surface area contributed by atoms with Crippen molar-refractivity contribution in [2.45, 2.75) is 13.3 Å². The molecular weight excluding hydrogens is 270 g/mol. The van der Waals surface area contributed by atoms with Crippen LogP contribution >= 0.6 is 0 Å². The van der Waals surface area contributed by atoms with Gasteiger partial charge in [-0.05, 0) is 24.6 Å². The highest BCUT2D eigenvalue weighted by atomic mass is 16.5. The van der Waals surface area contributed by atoms with Gasteiger partial charge in [-0.1, -0.05) is 0 Å². The predicted octanol–water partition coefficient (Wildman–Crippen LogP) is 0.972. The van der Waals surface area contributed by atoms with Gasteiger partial charge < -0.3 is 20.3 Å². The van der Waals surface area contributed by atoms with E-state index in [1.165, 1.54) is 0 Å². The summed E-state index contributed by atoms with van der Waals surface area (Å²) >= 11 is 0. The lowest BCUT2D eigenvalue weighted by atomic mass is 10.1. The van der Waals surface area contributed by atoms with E-state index in [-0.39, 0.29) is 11.8 Å². The minimum Gasteiger partial charge on any atom is -0.495 e. The summed E-state index contributed by atoms with van der Waals surface area (Å²) in [5.41, 5.74) is 6.84. The van der Waals surface area contributed by atoms with Crippen LogP contribution in [0.25, 0.3) is 0 Å². The number of methoxy groups -OCH3 is 1. The lowest BCUT2D eigenvalue weighted by Crippen LogP contribution is -2.36. The summed E-state index contributed by atoms with van der Waals surface area (Å²) in [6, 6.07) is 5.04. The summed E-state index contributed by atoms with van der Waals surface area (Å²) in [5.74, 6) is 0.554. The third kappa shape index (κ3) is 3.45. The van der Waals surface area contributed by atoms with Crippen molar-refractivity contribution in [1.82, 2.24) is 9.80 Å². The zero-order valence-corrected chi connectivity index (χ0v) is 12.5. The number of carbonyl (C=O) groups excluding carboxylic acids is 2. The van der Waals surface area contributed by atoms with Crippen molar-refractivity contribution < 1.29 is 14.3 Å². The van der Waals surface area contributed by atoms with Crippen molar-refractivity contribution in [1.29, 1.82) is 0 Å². The van der Waals surface area contributed by atoms with E-state index in [9.17, 15) is 9.59 Å². The van der Waals surface area contributed by atoms with Crippen molar-refractivity contribution in [2.75, 3.05) is 39.0 Å². The molecule has 114 valence electrons. The Balaban J connectivity index is 2.09. The molecule has 0 aliphatic carbocycles. The Labute approximate surface area is 124 Å². The maximum atomic E-state index is 12.5. The van der Waals surface area contributed by atoms with Gasteiger partial charge >= 0.3 is 0 Å². The lowest BCUT2D eigenvalue weighted by molar-refractivity contribution is -0.128. The maximum absolute atomic E-state index is 12.5. The minimum absolute atomic E-state index is 0.0537. The molecule has 0 spiro atoms. The number of amides is 2. The quantitative estimate of drug-likeness (QED) is 0.824. The molecule has 1 heterocycles. The first-order valence-corrected chi connectivity index (χ1v) is 7.01. The molecule has 0 aromatic heterocycles. The Hall–Kier alpha value is -2.24. The first kappa shape index (κ1) is 15.2. The van der Waals surface area contributed by atoms with Gasteiger partial charge in [-0.25, -0.2) is 0 Å². The number of carbonyl (C=O) groups is 2. The molecule has 0 saturated carbocycles.